The molecule has 0 radical (unpaired) electrons. The Morgan fingerprint density at radius 1 is 0.259 bits per heavy atom. The molecule has 0 heterocycles. The van der Waals surface area contributed by atoms with Gasteiger partial charge in [0.2, 0.25) is 0 Å². The van der Waals surface area contributed by atoms with Crippen LogP contribution in [0.5, 0.6) is 0 Å². The number of hydrogen-bond donors (Lipinski definition) is 0. The fourth-order valence-electron chi connectivity index (χ4n) is 9.59. The Labute approximate surface area is 501 Å². The van der Waals surface area contributed by atoms with Crippen molar-refractivity contribution in [3.05, 3.63) is 109 Å². The molecule has 81 heavy (non-hydrogen) atoms. The first-order valence-corrected chi connectivity index (χ1v) is 34.4. The van der Waals surface area contributed by atoms with E-state index in [0.29, 0.717) is 19.3 Å². The summed E-state index contributed by atoms with van der Waals surface area (Å²) in [6.45, 7) is 6.52. The minimum atomic E-state index is -0.795. The minimum absolute atomic E-state index is 0.0892. The lowest BCUT2D eigenvalue weighted by Crippen LogP contribution is -2.30. The van der Waals surface area contributed by atoms with Gasteiger partial charge in [-0.2, -0.15) is 0 Å². The summed E-state index contributed by atoms with van der Waals surface area (Å²) in [5.41, 5.74) is 0. The van der Waals surface area contributed by atoms with Gasteiger partial charge in [0, 0.05) is 19.3 Å². The van der Waals surface area contributed by atoms with Crippen LogP contribution in [0, 0.1) is 0 Å². The van der Waals surface area contributed by atoms with Crippen LogP contribution in [0.3, 0.4) is 0 Å². The lowest BCUT2D eigenvalue weighted by atomic mass is 10.1. The SMILES string of the molecule is CC/C=C\C/C=C\C/C=C\CCCCCCCCCC(=O)OCC(COC(=O)CCCCCCCCCCCC/C=C\C/C=C\C/C=C\CCCCCCC)OC(=O)CCCCCCCC/C=C\C/C=C\C/C=C\CCCCCCC. The van der Waals surface area contributed by atoms with Gasteiger partial charge in [0.1, 0.15) is 13.2 Å². The predicted molar refractivity (Wildman–Crippen MR) is 353 cm³/mol. The van der Waals surface area contributed by atoms with Crippen molar-refractivity contribution in [1.82, 2.24) is 0 Å². The quantitative estimate of drug-likeness (QED) is 0.0261. The molecule has 6 nitrogen and oxygen atoms in total. The van der Waals surface area contributed by atoms with E-state index >= 15 is 0 Å². The maximum Gasteiger partial charge on any atom is 0.306 e. The number of hydrogen-bond acceptors (Lipinski definition) is 6. The molecular weight excluding hydrogens is 997 g/mol. The number of allylic oxidation sites excluding steroid dienone is 18. The zero-order chi connectivity index (χ0) is 58.5. The molecule has 0 aliphatic heterocycles. The number of carbonyl (C=O) groups excluding carboxylic acids is 3. The minimum Gasteiger partial charge on any atom is -0.462 e. The maximum absolute atomic E-state index is 13.0. The molecule has 0 aromatic rings. The zero-order valence-corrected chi connectivity index (χ0v) is 53.3. The van der Waals surface area contributed by atoms with Crippen LogP contribution < -0.4 is 0 Å². The summed E-state index contributed by atoms with van der Waals surface area (Å²) in [5.74, 6) is -0.905. The zero-order valence-electron chi connectivity index (χ0n) is 53.3. The highest BCUT2D eigenvalue weighted by atomic mass is 16.6. The Hall–Kier alpha value is -3.93. The van der Waals surface area contributed by atoms with Crippen molar-refractivity contribution in [1.29, 1.82) is 0 Å². The molecule has 0 spiro atoms. The highest BCUT2D eigenvalue weighted by molar-refractivity contribution is 5.71. The van der Waals surface area contributed by atoms with E-state index in [0.717, 1.165) is 122 Å². The molecule has 0 aliphatic rings. The molecule has 0 rings (SSSR count). The molecule has 6 heteroatoms. The lowest BCUT2D eigenvalue weighted by molar-refractivity contribution is -0.167. The first-order valence-electron chi connectivity index (χ1n) is 34.4. The molecule has 0 fully saturated rings. The van der Waals surface area contributed by atoms with Crippen molar-refractivity contribution in [3.63, 3.8) is 0 Å². The molecular formula is C75H128O6. The fourth-order valence-corrected chi connectivity index (χ4v) is 9.59. The van der Waals surface area contributed by atoms with Crippen molar-refractivity contribution in [2.24, 2.45) is 0 Å². The van der Waals surface area contributed by atoms with Gasteiger partial charge in [-0.05, 0) is 128 Å². The van der Waals surface area contributed by atoms with Crippen LogP contribution in [0.1, 0.15) is 329 Å². The highest BCUT2D eigenvalue weighted by Gasteiger charge is 2.19. The van der Waals surface area contributed by atoms with Crippen molar-refractivity contribution in [3.8, 4) is 0 Å². The van der Waals surface area contributed by atoms with Gasteiger partial charge in [0.05, 0.1) is 0 Å². The average molecular weight is 1130 g/mol. The molecule has 0 bridgehead atoms. The maximum atomic E-state index is 13.0. The molecule has 1 unspecified atom stereocenters. The number of rotatable bonds is 62. The normalized spacial score (nSPS) is 12.8. The molecule has 0 saturated heterocycles. The highest BCUT2D eigenvalue weighted by Crippen LogP contribution is 2.16. The number of unbranched alkanes of at least 4 members (excludes halogenated alkanes) is 33. The van der Waals surface area contributed by atoms with Gasteiger partial charge in [-0.3, -0.25) is 14.4 Å². The van der Waals surface area contributed by atoms with Crippen LogP contribution in [0.4, 0.5) is 0 Å². The summed E-state index contributed by atoms with van der Waals surface area (Å²) in [4.78, 5) is 38.5. The summed E-state index contributed by atoms with van der Waals surface area (Å²) in [6, 6.07) is 0. The molecule has 0 amide bonds. The second kappa shape index (κ2) is 68.6. The Kier molecular flexibility index (Phi) is 65.2. The number of ether oxygens (including phenoxy) is 3. The summed E-state index contributed by atoms with van der Waals surface area (Å²) in [7, 11) is 0. The van der Waals surface area contributed by atoms with Crippen molar-refractivity contribution in [2.45, 2.75) is 335 Å². The third-order valence-electron chi connectivity index (χ3n) is 14.7. The van der Waals surface area contributed by atoms with E-state index in [-0.39, 0.29) is 31.1 Å². The van der Waals surface area contributed by atoms with Gasteiger partial charge in [-0.25, -0.2) is 0 Å². The second-order valence-corrected chi connectivity index (χ2v) is 22.7. The monoisotopic (exact) mass is 1120 g/mol. The Balaban J connectivity index is 4.41. The third-order valence-corrected chi connectivity index (χ3v) is 14.7. The van der Waals surface area contributed by atoms with Crippen LogP contribution in [-0.2, 0) is 28.6 Å². The van der Waals surface area contributed by atoms with Gasteiger partial charge in [-0.15, -0.1) is 0 Å². The van der Waals surface area contributed by atoms with Gasteiger partial charge in [-0.1, -0.05) is 291 Å². The summed E-state index contributed by atoms with van der Waals surface area (Å²) in [6.07, 6.45) is 93.8. The van der Waals surface area contributed by atoms with E-state index in [2.05, 4.69) is 130 Å². The Bertz CT molecular complexity index is 1620. The van der Waals surface area contributed by atoms with E-state index in [1.54, 1.807) is 0 Å². The predicted octanol–water partition coefficient (Wildman–Crippen LogP) is 23.8. The molecule has 0 aromatic carbocycles. The van der Waals surface area contributed by atoms with E-state index < -0.39 is 6.10 Å². The van der Waals surface area contributed by atoms with Gasteiger partial charge in [0.15, 0.2) is 6.10 Å². The van der Waals surface area contributed by atoms with E-state index in [1.807, 2.05) is 0 Å². The first kappa shape index (κ1) is 77.1. The molecule has 0 aliphatic carbocycles. The fraction of sp³-hybridized carbons (Fsp3) is 0.720. The summed E-state index contributed by atoms with van der Waals surface area (Å²) < 4.78 is 17.0. The van der Waals surface area contributed by atoms with Gasteiger partial charge < -0.3 is 14.2 Å². The standard InChI is InChI=1S/C75H128O6/c1-4-7-10-13-16-19-22-25-28-31-33-35-36-37-38-40-41-44-47-50-53-56-59-62-65-68-74(77)80-71-72(70-79-73(76)67-64-61-58-55-52-49-46-43-30-27-24-21-18-15-12-9-6-3)81-75(78)69-66-63-60-57-54-51-48-45-42-39-34-32-29-26-23-20-17-14-11-8-5-2/h9,12,18,21-23,25-27,30-34,36-37,42,45,72H,4-8,10-11,13-17,19-20,24,28-29,35,38-41,43-44,46-71H2,1-3H3/b12-9-,21-18-,25-22-,26-23-,30-27-,33-31-,34-32-,37-36-,45-42-. The topological polar surface area (TPSA) is 78.9 Å². The third kappa shape index (κ3) is 66.8. The van der Waals surface area contributed by atoms with Crippen LogP contribution in [0.15, 0.2) is 109 Å². The van der Waals surface area contributed by atoms with E-state index in [1.165, 1.54) is 167 Å². The molecule has 0 saturated carbocycles. The summed E-state index contributed by atoms with van der Waals surface area (Å²) in [5, 5.41) is 0. The molecule has 464 valence electrons. The van der Waals surface area contributed by atoms with Crippen LogP contribution in [0.2, 0.25) is 0 Å². The molecule has 0 aromatic heterocycles. The van der Waals surface area contributed by atoms with Gasteiger partial charge in [0.25, 0.3) is 0 Å². The smallest absolute Gasteiger partial charge is 0.306 e. The van der Waals surface area contributed by atoms with Crippen molar-refractivity contribution >= 4 is 17.9 Å². The number of carbonyl (C=O) groups is 3. The van der Waals surface area contributed by atoms with E-state index in [9.17, 15) is 14.4 Å². The van der Waals surface area contributed by atoms with E-state index in [4.69, 9.17) is 14.2 Å². The molecule has 0 N–H and O–H groups in total. The average Bonchev–Trinajstić information content (AvgIpc) is 3.47. The van der Waals surface area contributed by atoms with Crippen molar-refractivity contribution in [2.75, 3.05) is 13.2 Å². The molecule has 1 atom stereocenters. The second-order valence-electron chi connectivity index (χ2n) is 22.7. The Morgan fingerprint density at radius 3 is 0.753 bits per heavy atom. The number of esters is 3. The van der Waals surface area contributed by atoms with Crippen molar-refractivity contribution < 1.29 is 28.6 Å². The summed E-state index contributed by atoms with van der Waals surface area (Å²) >= 11 is 0. The van der Waals surface area contributed by atoms with Gasteiger partial charge >= 0.3 is 17.9 Å². The van der Waals surface area contributed by atoms with Crippen LogP contribution in [-0.4, -0.2) is 37.2 Å². The van der Waals surface area contributed by atoms with Crippen LogP contribution >= 0.6 is 0 Å². The lowest BCUT2D eigenvalue weighted by Gasteiger charge is -2.18. The first-order chi connectivity index (χ1) is 40.0. The van der Waals surface area contributed by atoms with Crippen LogP contribution in [0.25, 0.3) is 0 Å². The Morgan fingerprint density at radius 2 is 0.481 bits per heavy atom. The largest absolute Gasteiger partial charge is 0.462 e.